The molecule has 2 aliphatic heterocycles. The molecule has 158 valence electrons. The van der Waals surface area contributed by atoms with Gasteiger partial charge in [0.05, 0.1) is 10.6 Å². The first-order valence-corrected chi connectivity index (χ1v) is 11.3. The van der Waals surface area contributed by atoms with Crippen LogP contribution in [0.5, 0.6) is 11.5 Å². The molecule has 0 bridgehead atoms. The molecule has 0 saturated carbocycles. The number of nitrogens with one attached hydrogen (secondary N) is 1. The van der Waals surface area contributed by atoms with Crippen molar-refractivity contribution in [2.45, 2.75) is 24.3 Å². The highest BCUT2D eigenvalue weighted by atomic mass is 32.2. The van der Waals surface area contributed by atoms with Crippen molar-refractivity contribution in [2.24, 2.45) is 0 Å². The molecule has 0 fully saturated rings. The summed E-state index contributed by atoms with van der Waals surface area (Å²) in [5, 5.41) is 2.85. The Labute approximate surface area is 180 Å². The van der Waals surface area contributed by atoms with Gasteiger partial charge in [0, 0.05) is 23.4 Å². The molecule has 0 aromatic heterocycles. The highest BCUT2D eigenvalue weighted by Gasteiger charge is 2.36. The van der Waals surface area contributed by atoms with E-state index >= 15 is 0 Å². The van der Waals surface area contributed by atoms with Crippen LogP contribution >= 0.6 is 0 Å². The zero-order valence-corrected chi connectivity index (χ0v) is 17.6. The largest absolute Gasteiger partial charge is 0.454 e. The van der Waals surface area contributed by atoms with Crippen LogP contribution in [0.25, 0.3) is 0 Å². The molecule has 31 heavy (non-hydrogen) atoms. The van der Waals surface area contributed by atoms with Crippen molar-refractivity contribution in [2.75, 3.05) is 16.4 Å². The number of nitrogens with zero attached hydrogens (tertiary/aromatic N) is 1. The number of benzene rings is 3. The summed E-state index contributed by atoms with van der Waals surface area (Å²) in [4.78, 5) is 13.0. The molecule has 0 radical (unpaired) electrons. The van der Waals surface area contributed by atoms with Crippen LogP contribution in [-0.2, 0) is 16.4 Å². The molecule has 1 N–H and O–H groups in total. The maximum atomic E-state index is 13.2. The van der Waals surface area contributed by atoms with E-state index in [0.717, 1.165) is 5.56 Å². The zero-order valence-electron chi connectivity index (χ0n) is 16.7. The zero-order chi connectivity index (χ0) is 21.6. The second kappa shape index (κ2) is 7.31. The van der Waals surface area contributed by atoms with Crippen LogP contribution in [-0.4, -0.2) is 27.2 Å². The summed E-state index contributed by atoms with van der Waals surface area (Å²) in [6.45, 7) is 2.03. The first-order valence-electron chi connectivity index (χ1n) is 9.87. The Morgan fingerprint density at radius 1 is 1.00 bits per heavy atom. The van der Waals surface area contributed by atoms with Crippen molar-refractivity contribution in [3.63, 3.8) is 0 Å². The summed E-state index contributed by atoms with van der Waals surface area (Å²) in [7, 11) is -3.68. The van der Waals surface area contributed by atoms with Gasteiger partial charge in [0.15, 0.2) is 11.5 Å². The standard InChI is InChI=1S/C23H20N2O5S/c1-15-11-17-12-16(23(26)24-18-8-10-21-22(13-18)30-14-29-21)7-9-20(17)25(15)31(27,28)19-5-3-2-4-6-19/h2-10,12-13,15H,11,14H2,1H3,(H,24,26)/t15-/m1/s1. The number of carbonyl (C=O) groups is 1. The summed E-state index contributed by atoms with van der Waals surface area (Å²) in [6.07, 6.45) is 0.534. The molecule has 5 rings (SSSR count). The van der Waals surface area contributed by atoms with Crippen LogP contribution in [0.15, 0.2) is 71.6 Å². The first kappa shape index (κ1) is 19.4. The number of sulfonamides is 1. The Balaban J connectivity index is 1.41. The molecule has 2 heterocycles. The Kier molecular flexibility index (Phi) is 4.59. The van der Waals surface area contributed by atoms with Crippen molar-refractivity contribution < 1.29 is 22.7 Å². The van der Waals surface area contributed by atoms with Crippen molar-refractivity contribution in [1.82, 2.24) is 0 Å². The summed E-state index contributed by atoms with van der Waals surface area (Å²) >= 11 is 0. The number of rotatable bonds is 4. The molecule has 3 aromatic carbocycles. The van der Waals surface area contributed by atoms with E-state index in [1.165, 1.54) is 4.31 Å². The number of ether oxygens (including phenoxy) is 2. The smallest absolute Gasteiger partial charge is 0.264 e. The molecule has 3 aromatic rings. The van der Waals surface area contributed by atoms with Gasteiger partial charge in [-0.15, -0.1) is 0 Å². The fraction of sp³-hybridized carbons (Fsp3) is 0.174. The highest BCUT2D eigenvalue weighted by Crippen LogP contribution is 2.38. The first-order chi connectivity index (χ1) is 14.9. The van der Waals surface area contributed by atoms with Crippen LogP contribution in [0.4, 0.5) is 11.4 Å². The topological polar surface area (TPSA) is 84.9 Å². The van der Waals surface area contributed by atoms with E-state index in [2.05, 4.69) is 5.32 Å². The van der Waals surface area contributed by atoms with E-state index in [1.54, 1.807) is 66.7 Å². The van der Waals surface area contributed by atoms with E-state index in [-0.39, 0.29) is 23.6 Å². The molecule has 0 aliphatic carbocycles. The van der Waals surface area contributed by atoms with Crippen LogP contribution < -0.4 is 19.1 Å². The maximum Gasteiger partial charge on any atom is 0.264 e. The molecular weight excluding hydrogens is 416 g/mol. The van der Waals surface area contributed by atoms with Gasteiger partial charge < -0.3 is 14.8 Å². The summed E-state index contributed by atoms with van der Waals surface area (Å²) < 4.78 is 38.4. The molecule has 2 aliphatic rings. The quantitative estimate of drug-likeness (QED) is 0.672. The second-order valence-electron chi connectivity index (χ2n) is 7.53. The van der Waals surface area contributed by atoms with E-state index < -0.39 is 10.0 Å². The number of fused-ring (bicyclic) bond motifs is 2. The van der Waals surface area contributed by atoms with E-state index in [4.69, 9.17) is 9.47 Å². The van der Waals surface area contributed by atoms with Crippen molar-refractivity contribution >= 4 is 27.3 Å². The van der Waals surface area contributed by atoms with Crippen LogP contribution in [0.1, 0.15) is 22.8 Å². The Morgan fingerprint density at radius 2 is 1.77 bits per heavy atom. The third-order valence-electron chi connectivity index (χ3n) is 5.43. The second-order valence-corrected chi connectivity index (χ2v) is 9.35. The SMILES string of the molecule is C[C@@H]1Cc2cc(C(=O)Nc3ccc4c(c3)OCO4)ccc2N1S(=O)(=O)c1ccccc1. The van der Waals surface area contributed by atoms with Crippen LogP contribution in [0, 0.1) is 0 Å². The molecule has 1 atom stereocenters. The van der Waals surface area contributed by atoms with Gasteiger partial charge >= 0.3 is 0 Å². The van der Waals surface area contributed by atoms with E-state index in [9.17, 15) is 13.2 Å². The van der Waals surface area contributed by atoms with Gasteiger partial charge in [0.2, 0.25) is 6.79 Å². The Bertz CT molecular complexity index is 1270. The lowest BCUT2D eigenvalue weighted by molar-refractivity contribution is 0.102. The fourth-order valence-electron chi connectivity index (χ4n) is 3.99. The lowest BCUT2D eigenvalue weighted by atomic mass is 10.1. The van der Waals surface area contributed by atoms with Gasteiger partial charge in [0.25, 0.3) is 15.9 Å². The maximum absolute atomic E-state index is 13.2. The lowest BCUT2D eigenvalue weighted by Crippen LogP contribution is -2.35. The summed E-state index contributed by atoms with van der Waals surface area (Å²) in [5.41, 5.74) is 2.49. The van der Waals surface area contributed by atoms with Crippen molar-refractivity contribution in [3.8, 4) is 11.5 Å². The molecule has 0 saturated heterocycles. The molecule has 0 unspecified atom stereocenters. The highest BCUT2D eigenvalue weighted by molar-refractivity contribution is 7.92. The molecule has 7 nitrogen and oxygen atoms in total. The number of hydrogen-bond donors (Lipinski definition) is 1. The normalized spacial score (nSPS) is 16.8. The van der Waals surface area contributed by atoms with Crippen molar-refractivity contribution in [3.05, 3.63) is 77.9 Å². The van der Waals surface area contributed by atoms with Gasteiger partial charge in [-0.2, -0.15) is 0 Å². The van der Waals surface area contributed by atoms with Gasteiger partial charge in [-0.25, -0.2) is 8.42 Å². The number of anilines is 2. The molecule has 1 amide bonds. The third-order valence-corrected chi connectivity index (χ3v) is 7.37. The summed E-state index contributed by atoms with van der Waals surface area (Å²) in [6, 6.07) is 18.4. The van der Waals surface area contributed by atoms with Crippen molar-refractivity contribution in [1.29, 1.82) is 0 Å². The number of amides is 1. The Hall–Kier alpha value is -3.52. The lowest BCUT2D eigenvalue weighted by Gasteiger charge is -2.24. The minimum atomic E-state index is -3.68. The average molecular weight is 436 g/mol. The van der Waals surface area contributed by atoms with Gasteiger partial charge in [-0.1, -0.05) is 18.2 Å². The fourth-order valence-corrected chi connectivity index (χ4v) is 5.71. The van der Waals surface area contributed by atoms with Crippen LogP contribution in [0.2, 0.25) is 0 Å². The summed E-state index contributed by atoms with van der Waals surface area (Å²) in [5.74, 6) is 0.949. The van der Waals surface area contributed by atoms with Gasteiger partial charge in [-0.05, 0) is 61.4 Å². The van der Waals surface area contributed by atoms with Gasteiger partial charge in [-0.3, -0.25) is 9.10 Å². The number of carbonyl (C=O) groups excluding carboxylic acids is 1. The van der Waals surface area contributed by atoms with E-state index in [1.807, 2.05) is 6.92 Å². The minimum absolute atomic E-state index is 0.165. The van der Waals surface area contributed by atoms with Gasteiger partial charge in [0.1, 0.15) is 0 Å². The molecule has 8 heteroatoms. The minimum Gasteiger partial charge on any atom is -0.454 e. The van der Waals surface area contributed by atoms with E-state index in [0.29, 0.717) is 34.9 Å². The number of hydrogen-bond acceptors (Lipinski definition) is 5. The predicted molar refractivity (Wildman–Crippen MR) is 116 cm³/mol. The predicted octanol–water partition coefficient (Wildman–Crippen LogP) is 3.81. The molecular formula is C23H20N2O5S. The van der Waals surface area contributed by atoms with Crippen LogP contribution in [0.3, 0.4) is 0 Å². The third kappa shape index (κ3) is 3.38. The monoisotopic (exact) mass is 436 g/mol. The Morgan fingerprint density at radius 3 is 2.58 bits per heavy atom. The molecule has 0 spiro atoms. The average Bonchev–Trinajstić information content (AvgIpc) is 3.36.